The Balaban J connectivity index is 1.27. The highest BCUT2D eigenvalue weighted by atomic mass is 16.6. The quantitative estimate of drug-likeness (QED) is 0.256. The number of nitrogens with one attached hydrogen (secondary N) is 1. The third kappa shape index (κ3) is 4.97. The molecule has 6 rings (SSSR count). The number of amides is 2. The van der Waals surface area contributed by atoms with Crippen molar-refractivity contribution in [1.82, 2.24) is 29.7 Å². The van der Waals surface area contributed by atoms with Gasteiger partial charge in [-0.1, -0.05) is 53.7 Å². The summed E-state index contributed by atoms with van der Waals surface area (Å²) in [4.78, 5) is 25.4. The minimum atomic E-state index is -0.436. The van der Waals surface area contributed by atoms with Gasteiger partial charge in [-0.15, -0.1) is 5.10 Å². The van der Waals surface area contributed by atoms with Gasteiger partial charge in [-0.05, 0) is 24.3 Å². The number of rotatable bonds is 6. The van der Waals surface area contributed by atoms with E-state index in [0.717, 1.165) is 28.2 Å². The first-order chi connectivity index (χ1) is 19.0. The zero-order valence-electron chi connectivity index (χ0n) is 20.8. The summed E-state index contributed by atoms with van der Waals surface area (Å²) >= 11 is 0. The van der Waals surface area contributed by atoms with Crippen LogP contribution < -0.4 is 5.32 Å². The lowest BCUT2D eigenvalue weighted by atomic mass is 10.0. The van der Waals surface area contributed by atoms with Crippen LogP contribution in [0.15, 0.2) is 91.1 Å². The number of aromatic nitrogens is 5. The third-order valence-corrected chi connectivity index (χ3v) is 6.67. The summed E-state index contributed by atoms with van der Waals surface area (Å²) < 4.78 is 3.52. The maximum atomic E-state index is 13.0. The highest BCUT2D eigenvalue weighted by Crippen LogP contribution is 2.31. The van der Waals surface area contributed by atoms with E-state index in [1.54, 1.807) is 27.9 Å². The molecule has 1 aliphatic rings. The van der Waals surface area contributed by atoms with Gasteiger partial charge in [0.1, 0.15) is 5.69 Å². The molecule has 39 heavy (non-hydrogen) atoms. The van der Waals surface area contributed by atoms with E-state index in [0.29, 0.717) is 37.4 Å². The number of non-ortho nitro benzene ring substituents is 1. The summed E-state index contributed by atoms with van der Waals surface area (Å²) in [6.45, 7) is 1.40. The maximum absolute atomic E-state index is 13.0. The number of nitrogens with zero attached hydrogens (tertiary/aromatic N) is 7. The van der Waals surface area contributed by atoms with Gasteiger partial charge in [0.25, 0.3) is 5.69 Å². The first-order valence-electron chi connectivity index (χ1n) is 12.5. The van der Waals surface area contributed by atoms with Gasteiger partial charge in [-0.3, -0.25) is 14.8 Å². The summed E-state index contributed by atoms with van der Waals surface area (Å²) in [5.41, 5.74) is 6.03. The molecule has 0 atom stereocenters. The fraction of sp³-hybridized carbons (Fsp3) is 0.143. The summed E-state index contributed by atoms with van der Waals surface area (Å²) in [5.74, 6) is 0. The highest BCUT2D eigenvalue weighted by Gasteiger charge is 2.28. The Labute approximate surface area is 223 Å². The minimum absolute atomic E-state index is 0.0159. The van der Waals surface area contributed by atoms with E-state index < -0.39 is 4.92 Å². The lowest BCUT2D eigenvalue weighted by Gasteiger charge is -2.28. The summed E-state index contributed by atoms with van der Waals surface area (Å²) in [5, 5.41) is 27.4. The molecule has 2 aromatic heterocycles. The van der Waals surface area contributed by atoms with Gasteiger partial charge in [0.2, 0.25) is 0 Å². The molecule has 0 saturated carbocycles. The number of hydrogen-bond donors (Lipinski definition) is 1. The Morgan fingerprint density at radius 2 is 1.69 bits per heavy atom. The molecule has 3 heterocycles. The Bertz CT molecular complexity index is 1630. The average Bonchev–Trinajstić information content (AvgIpc) is 3.59. The number of anilines is 1. The molecule has 1 N–H and O–H groups in total. The van der Waals surface area contributed by atoms with Crippen LogP contribution in [0.5, 0.6) is 0 Å². The summed E-state index contributed by atoms with van der Waals surface area (Å²) in [7, 11) is 0. The van der Waals surface area contributed by atoms with Crippen molar-refractivity contribution in [3.05, 3.63) is 118 Å². The van der Waals surface area contributed by atoms with E-state index in [1.807, 2.05) is 65.3 Å². The van der Waals surface area contributed by atoms with E-state index in [1.165, 1.54) is 12.1 Å². The fourth-order valence-corrected chi connectivity index (χ4v) is 4.72. The van der Waals surface area contributed by atoms with Crippen molar-refractivity contribution >= 4 is 17.4 Å². The van der Waals surface area contributed by atoms with Gasteiger partial charge < -0.3 is 10.2 Å². The van der Waals surface area contributed by atoms with Crippen molar-refractivity contribution in [2.75, 3.05) is 11.9 Å². The molecular weight excluding hydrogens is 496 g/mol. The summed E-state index contributed by atoms with van der Waals surface area (Å²) in [6.07, 6.45) is 2.44. The van der Waals surface area contributed by atoms with Crippen LogP contribution in [-0.4, -0.2) is 47.2 Å². The second kappa shape index (κ2) is 10.2. The van der Waals surface area contributed by atoms with Gasteiger partial charge in [0, 0.05) is 47.6 Å². The van der Waals surface area contributed by atoms with Gasteiger partial charge in [0.05, 0.1) is 35.6 Å². The Morgan fingerprint density at radius 1 is 0.974 bits per heavy atom. The molecule has 11 heteroatoms. The molecule has 0 fully saturated rings. The number of carbonyl (C=O) groups is 1. The first-order valence-corrected chi connectivity index (χ1v) is 12.5. The van der Waals surface area contributed by atoms with Gasteiger partial charge in [0.15, 0.2) is 0 Å². The van der Waals surface area contributed by atoms with Crippen molar-refractivity contribution < 1.29 is 9.72 Å². The number of para-hydroxylation sites is 1. The largest absolute Gasteiger partial charge is 0.322 e. The van der Waals surface area contributed by atoms with Crippen LogP contribution in [-0.2, 0) is 19.5 Å². The lowest BCUT2D eigenvalue weighted by molar-refractivity contribution is -0.384. The molecule has 0 aliphatic carbocycles. The molecule has 0 bridgehead atoms. The zero-order valence-corrected chi connectivity index (χ0v) is 20.8. The second-order valence-corrected chi connectivity index (χ2v) is 9.19. The number of carbonyl (C=O) groups excluding carboxylic acids is 1. The van der Waals surface area contributed by atoms with Crippen LogP contribution in [0.3, 0.4) is 0 Å². The number of benzene rings is 3. The normalized spacial score (nSPS) is 12.7. The molecule has 1 aliphatic heterocycles. The van der Waals surface area contributed by atoms with Crippen molar-refractivity contribution in [1.29, 1.82) is 0 Å². The maximum Gasteiger partial charge on any atom is 0.322 e. The highest BCUT2D eigenvalue weighted by molar-refractivity contribution is 5.89. The predicted octanol–water partition coefficient (Wildman–Crippen LogP) is 4.68. The SMILES string of the molecule is O=C(Nc1ccccc1)N1CCc2c(c(-c3ccccc3)nn2Cc2cn(-c3ccc([N+](=O)[O-])cc3)nn2)C1. The van der Waals surface area contributed by atoms with E-state index in [-0.39, 0.29) is 11.7 Å². The Morgan fingerprint density at radius 3 is 2.41 bits per heavy atom. The molecule has 5 aromatic rings. The molecule has 0 radical (unpaired) electrons. The Hall–Kier alpha value is -5.32. The monoisotopic (exact) mass is 520 g/mol. The van der Waals surface area contributed by atoms with E-state index >= 15 is 0 Å². The molecule has 194 valence electrons. The third-order valence-electron chi connectivity index (χ3n) is 6.67. The second-order valence-electron chi connectivity index (χ2n) is 9.19. The van der Waals surface area contributed by atoms with Crippen LogP contribution >= 0.6 is 0 Å². The lowest BCUT2D eigenvalue weighted by Crippen LogP contribution is -2.39. The van der Waals surface area contributed by atoms with E-state index in [4.69, 9.17) is 5.10 Å². The van der Waals surface area contributed by atoms with Crippen molar-refractivity contribution in [2.24, 2.45) is 0 Å². The average molecular weight is 521 g/mol. The standard InChI is InChI=1S/C28H24N8O3/c37-28(29-21-9-5-2-6-10-21)33-16-15-26-25(19-33)27(20-7-3-1-4-8-20)31-35(26)18-22-17-34(32-30-22)23-11-13-24(14-12-23)36(38)39/h1-14,17H,15-16,18-19H2,(H,29,37). The number of fused-ring (bicyclic) bond motifs is 1. The first kappa shape index (κ1) is 24.0. The number of nitro groups is 1. The van der Waals surface area contributed by atoms with Crippen LogP contribution in [0.1, 0.15) is 17.0 Å². The number of nitro benzene ring substituents is 1. The van der Waals surface area contributed by atoms with Crippen molar-refractivity contribution in [2.45, 2.75) is 19.5 Å². The number of urea groups is 1. The van der Waals surface area contributed by atoms with Gasteiger partial charge in [-0.25, -0.2) is 9.48 Å². The van der Waals surface area contributed by atoms with Crippen LogP contribution in [0.25, 0.3) is 16.9 Å². The van der Waals surface area contributed by atoms with Crippen molar-refractivity contribution in [3.63, 3.8) is 0 Å². The molecule has 2 amide bonds. The Kier molecular flexibility index (Phi) is 6.29. The predicted molar refractivity (Wildman–Crippen MR) is 144 cm³/mol. The molecule has 3 aromatic carbocycles. The molecular formula is C28H24N8O3. The molecule has 11 nitrogen and oxygen atoms in total. The van der Waals surface area contributed by atoms with Gasteiger partial charge >= 0.3 is 6.03 Å². The van der Waals surface area contributed by atoms with E-state index in [2.05, 4.69) is 15.6 Å². The van der Waals surface area contributed by atoms with E-state index in [9.17, 15) is 14.9 Å². The van der Waals surface area contributed by atoms with Crippen LogP contribution in [0.2, 0.25) is 0 Å². The topological polar surface area (TPSA) is 124 Å². The molecule has 0 spiro atoms. The zero-order chi connectivity index (χ0) is 26.8. The van der Waals surface area contributed by atoms with Crippen LogP contribution in [0.4, 0.5) is 16.2 Å². The smallest absolute Gasteiger partial charge is 0.320 e. The minimum Gasteiger partial charge on any atom is -0.320 e. The molecule has 0 saturated heterocycles. The van der Waals surface area contributed by atoms with Crippen molar-refractivity contribution in [3.8, 4) is 16.9 Å². The van der Waals surface area contributed by atoms with Gasteiger partial charge in [-0.2, -0.15) is 5.10 Å². The van der Waals surface area contributed by atoms with Crippen LogP contribution in [0, 0.1) is 10.1 Å². The number of hydrogen-bond acceptors (Lipinski definition) is 6. The summed E-state index contributed by atoms with van der Waals surface area (Å²) in [6, 6.07) is 25.3. The molecule has 0 unspecified atom stereocenters. The fourth-order valence-electron chi connectivity index (χ4n) is 4.72.